The number of benzene rings is 1. The highest BCUT2D eigenvalue weighted by atomic mass is 79.9. The van der Waals surface area contributed by atoms with E-state index >= 15 is 0 Å². The molecule has 2 heterocycles. The van der Waals surface area contributed by atoms with Crippen molar-refractivity contribution in [2.45, 2.75) is 19.6 Å². The summed E-state index contributed by atoms with van der Waals surface area (Å²) in [6.45, 7) is 3.03. The van der Waals surface area contributed by atoms with Crippen LogP contribution in [0.3, 0.4) is 0 Å². The van der Waals surface area contributed by atoms with Crippen LogP contribution in [0.15, 0.2) is 52.6 Å². The van der Waals surface area contributed by atoms with Crippen LogP contribution in [0, 0.1) is 0 Å². The molecular formula is C18H14BrNO4. The summed E-state index contributed by atoms with van der Waals surface area (Å²) >= 11 is 3.35. The lowest BCUT2D eigenvalue weighted by atomic mass is 10.1. The molecule has 1 aromatic carbocycles. The van der Waals surface area contributed by atoms with E-state index < -0.39 is 17.7 Å². The Balaban J connectivity index is 1.85. The molecule has 0 aliphatic carbocycles. The van der Waals surface area contributed by atoms with Crippen molar-refractivity contribution in [3.8, 4) is 11.3 Å². The lowest BCUT2D eigenvalue weighted by Gasteiger charge is -2.29. The summed E-state index contributed by atoms with van der Waals surface area (Å²) in [5.41, 5.74) is 2.33. The van der Waals surface area contributed by atoms with Crippen molar-refractivity contribution in [1.29, 1.82) is 0 Å². The zero-order valence-corrected chi connectivity index (χ0v) is 14.7. The maximum absolute atomic E-state index is 11.9. The molecule has 1 aliphatic heterocycles. The molecule has 0 radical (unpaired) electrons. The van der Waals surface area contributed by atoms with Gasteiger partial charge in [0.2, 0.25) is 0 Å². The van der Waals surface area contributed by atoms with Crippen molar-refractivity contribution in [2.24, 2.45) is 0 Å². The number of hydrogen-bond acceptors (Lipinski definition) is 5. The predicted octanol–water partition coefficient (Wildman–Crippen LogP) is 3.73. The van der Waals surface area contributed by atoms with Gasteiger partial charge >= 0.3 is 11.9 Å². The standard InChI is InChI=1S/C18H14BrNO4/c1-18(2)23-16(21)14(17(22)24-18)9-11-3-5-12(6-4-11)15-8-7-13(19)10-20-15/h3-10H,1-2H3. The fraction of sp³-hybridized carbons (Fsp3) is 0.167. The van der Waals surface area contributed by atoms with E-state index in [2.05, 4.69) is 20.9 Å². The van der Waals surface area contributed by atoms with Gasteiger partial charge in [0.15, 0.2) is 0 Å². The Morgan fingerprint density at radius 2 is 1.62 bits per heavy atom. The molecule has 1 aliphatic rings. The van der Waals surface area contributed by atoms with Gasteiger partial charge in [-0.25, -0.2) is 9.59 Å². The Morgan fingerprint density at radius 3 is 2.17 bits per heavy atom. The van der Waals surface area contributed by atoms with Crippen LogP contribution in [0.5, 0.6) is 0 Å². The summed E-state index contributed by atoms with van der Waals surface area (Å²) in [6.07, 6.45) is 3.18. The van der Waals surface area contributed by atoms with E-state index in [4.69, 9.17) is 9.47 Å². The smallest absolute Gasteiger partial charge is 0.348 e. The Hall–Kier alpha value is -2.47. The van der Waals surface area contributed by atoms with Crippen molar-refractivity contribution in [2.75, 3.05) is 0 Å². The minimum atomic E-state index is -1.23. The molecule has 1 aromatic heterocycles. The van der Waals surface area contributed by atoms with E-state index in [0.29, 0.717) is 5.56 Å². The highest BCUT2D eigenvalue weighted by Crippen LogP contribution is 2.25. The summed E-state index contributed by atoms with van der Waals surface area (Å²) in [5.74, 6) is -2.60. The molecule has 6 heteroatoms. The lowest BCUT2D eigenvalue weighted by Crippen LogP contribution is -2.41. The lowest BCUT2D eigenvalue weighted by molar-refractivity contribution is -0.222. The Kier molecular flexibility index (Phi) is 4.24. The molecule has 3 rings (SSSR count). The number of aromatic nitrogens is 1. The highest BCUT2D eigenvalue weighted by molar-refractivity contribution is 9.10. The molecule has 122 valence electrons. The Morgan fingerprint density at radius 1 is 1.00 bits per heavy atom. The fourth-order valence-corrected chi connectivity index (χ4v) is 2.48. The summed E-state index contributed by atoms with van der Waals surface area (Å²) in [7, 11) is 0. The number of hydrogen-bond donors (Lipinski definition) is 0. The largest absolute Gasteiger partial charge is 0.419 e. The van der Waals surface area contributed by atoms with Gasteiger partial charge < -0.3 is 9.47 Å². The normalized spacial score (nSPS) is 16.4. The van der Waals surface area contributed by atoms with Crippen LogP contribution >= 0.6 is 15.9 Å². The summed E-state index contributed by atoms with van der Waals surface area (Å²) < 4.78 is 11.0. The van der Waals surface area contributed by atoms with Crippen LogP contribution in [0.4, 0.5) is 0 Å². The molecule has 0 unspecified atom stereocenters. The maximum atomic E-state index is 11.9. The number of rotatable bonds is 2. The number of pyridine rings is 1. The van der Waals surface area contributed by atoms with Gasteiger partial charge in [0.25, 0.3) is 5.79 Å². The van der Waals surface area contributed by atoms with Crippen molar-refractivity contribution < 1.29 is 19.1 Å². The summed E-state index contributed by atoms with van der Waals surface area (Å²) in [6, 6.07) is 11.1. The average molecular weight is 388 g/mol. The SMILES string of the molecule is CC1(C)OC(=O)C(=Cc2ccc(-c3ccc(Br)cn3)cc2)C(=O)O1. The predicted molar refractivity (Wildman–Crippen MR) is 91.6 cm³/mol. The minimum Gasteiger partial charge on any atom is -0.419 e. The van der Waals surface area contributed by atoms with Gasteiger partial charge in [-0.2, -0.15) is 0 Å². The van der Waals surface area contributed by atoms with Gasteiger partial charge in [-0.3, -0.25) is 4.98 Å². The molecule has 0 bridgehead atoms. The molecule has 0 amide bonds. The molecule has 1 fully saturated rings. The van der Waals surface area contributed by atoms with Gasteiger partial charge in [0.05, 0.1) is 5.69 Å². The van der Waals surface area contributed by atoms with Crippen LogP contribution in [0.2, 0.25) is 0 Å². The Bertz CT molecular complexity index is 801. The van der Waals surface area contributed by atoms with Crippen molar-refractivity contribution >= 4 is 33.9 Å². The van der Waals surface area contributed by atoms with E-state index in [1.807, 2.05) is 24.3 Å². The number of carbonyl (C=O) groups is 2. The number of cyclic esters (lactones) is 2. The molecule has 1 saturated heterocycles. The first-order chi connectivity index (χ1) is 11.3. The Labute approximate surface area is 147 Å². The zero-order chi connectivity index (χ0) is 17.3. The molecule has 24 heavy (non-hydrogen) atoms. The topological polar surface area (TPSA) is 65.5 Å². The van der Waals surface area contributed by atoms with Crippen LogP contribution in [0.25, 0.3) is 17.3 Å². The van der Waals surface area contributed by atoms with E-state index in [1.54, 1.807) is 18.3 Å². The minimum absolute atomic E-state index is 0.121. The van der Waals surface area contributed by atoms with Gasteiger partial charge in [-0.05, 0) is 39.7 Å². The second-order valence-corrected chi connectivity index (χ2v) is 6.64. The number of carbonyl (C=O) groups excluding carboxylic acids is 2. The zero-order valence-electron chi connectivity index (χ0n) is 13.1. The van der Waals surface area contributed by atoms with Crippen LogP contribution in [-0.2, 0) is 19.1 Å². The van der Waals surface area contributed by atoms with Crippen LogP contribution in [-0.4, -0.2) is 22.7 Å². The van der Waals surface area contributed by atoms with Crippen molar-refractivity contribution in [3.05, 3.63) is 58.2 Å². The second-order valence-electron chi connectivity index (χ2n) is 5.72. The van der Waals surface area contributed by atoms with Gasteiger partial charge in [0.1, 0.15) is 5.57 Å². The van der Waals surface area contributed by atoms with Crippen LogP contribution < -0.4 is 0 Å². The monoisotopic (exact) mass is 387 g/mol. The van der Waals surface area contributed by atoms with E-state index in [0.717, 1.165) is 15.7 Å². The molecule has 0 saturated carbocycles. The highest BCUT2D eigenvalue weighted by Gasteiger charge is 2.38. The summed E-state index contributed by atoms with van der Waals surface area (Å²) in [5, 5.41) is 0. The first kappa shape index (κ1) is 16.4. The van der Waals surface area contributed by atoms with E-state index in [1.165, 1.54) is 19.9 Å². The first-order valence-corrected chi connectivity index (χ1v) is 8.04. The number of esters is 2. The second kappa shape index (κ2) is 6.20. The number of nitrogens with zero attached hydrogens (tertiary/aromatic N) is 1. The third kappa shape index (κ3) is 3.54. The van der Waals surface area contributed by atoms with Gasteiger partial charge in [0, 0.05) is 30.1 Å². The van der Waals surface area contributed by atoms with Gasteiger partial charge in [-0.15, -0.1) is 0 Å². The third-order valence-electron chi connectivity index (χ3n) is 3.36. The fourth-order valence-electron chi connectivity index (χ4n) is 2.24. The van der Waals surface area contributed by atoms with Crippen molar-refractivity contribution in [1.82, 2.24) is 4.98 Å². The number of ether oxygens (including phenoxy) is 2. The molecular weight excluding hydrogens is 374 g/mol. The van der Waals surface area contributed by atoms with E-state index in [-0.39, 0.29) is 5.57 Å². The molecule has 0 atom stereocenters. The molecule has 0 N–H and O–H groups in total. The first-order valence-electron chi connectivity index (χ1n) is 7.24. The quantitative estimate of drug-likeness (QED) is 0.446. The third-order valence-corrected chi connectivity index (χ3v) is 3.83. The maximum Gasteiger partial charge on any atom is 0.348 e. The molecule has 0 spiro atoms. The van der Waals surface area contributed by atoms with Crippen LogP contribution in [0.1, 0.15) is 19.4 Å². The van der Waals surface area contributed by atoms with Crippen molar-refractivity contribution in [3.63, 3.8) is 0 Å². The molecule has 5 nitrogen and oxygen atoms in total. The summed E-state index contributed by atoms with van der Waals surface area (Å²) in [4.78, 5) is 28.2. The number of halogens is 1. The average Bonchev–Trinajstić information content (AvgIpc) is 2.51. The van der Waals surface area contributed by atoms with E-state index in [9.17, 15) is 9.59 Å². The molecule has 2 aromatic rings. The van der Waals surface area contributed by atoms with Gasteiger partial charge in [-0.1, -0.05) is 24.3 Å².